The van der Waals surface area contributed by atoms with Gasteiger partial charge in [0.2, 0.25) is 5.91 Å². The van der Waals surface area contributed by atoms with Gasteiger partial charge in [0.25, 0.3) is 0 Å². The van der Waals surface area contributed by atoms with Crippen LogP contribution >= 0.6 is 0 Å². The summed E-state index contributed by atoms with van der Waals surface area (Å²) in [6.07, 6.45) is 65.4. The van der Waals surface area contributed by atoms with Gasteiger partial charge in [-0.05, 0) is 64.2 Å². The van der Waals surface area contributed by atoms with Crippen molar-refractivity contribution in [3.05, 3.63) is 24.3 Å². The molecule has 6 heteroatoms. The van der Waals surface area contributed by atoms with Crippen molar-refractivity contribution in [3.63, 3.8) is 0 Å². The van der Waals surface area contributed by atoms with E-state index in [9.17, 15) is 25.2 Å². The molecule has 0 aliphatic rings. The lowest BCUT2D eigenvalue weighted by Gasteiger charge is -2.27. The van der Waals surface area contributed by atoms with E-state index < -0.39 is 36.9 Å². The highest BCUT2D eigenvalue weighted by atomic mass is 16.3. The zero-order valence-corrected chi connectivity index (χ0v) is 43.8. The van der Waals surface area contributed by atoms with Gasteiger partial charge in [-0.3, -0.25) is 4.79 Å². The number of hydrogen-bond acceptors (Lipinski definition) is 5. The summed E-state index contributed by atoms with van der Waals surface area (Å²) in [6, 6.07) is -1.00. The molecule has 0 radical (unpaired) electrons. The summed E-state index contributed by atoms with van der Waals surface area (Å²) in [6.45, 7) is 4.08. The van der Waals surface area contributed by atoms with Gasteiger partial charge >= 0.3 is 0 Å². The highest BCUT2D eigenvalue weighted by molar-refractivity contribution is 5.80. The molecule has 65 heavy (non-hydrogen) atoms. The maximum Gasteiger partial charge on any atom is 0.249 e. The Balaban J connectivity index is 3.64. The van der Waals surface area contributed by atoms with Crippen LogP contribution in [0, 0.1) is 0 Å². The van der Waals surface area contributed by atoms with E-state index in [1.807, 2.05) is 0 Å². The standard InChI is InChI=1S/C59H115NO5/c1-3-5-7-9-11-13-15-17-19-21-23-25-27-28-29-31-32-34-36-38-40-42-44-46-48-50-52-56(62)58(64)55(54-61)60-59(65)57(63)53-51-49-47-45-43-41-39-37-35-33-30-26-24-22-20-18-16-14-12-10-8-6-4-2/h33,35,44,46,55-58,61-64H,3-32,34,36-43,45,47-54H2,1-2H3,(H,60,65)/b35-33-,46-44+. The van der Waals surface area contributed by atoms with Crippen molar-refractivity contribution >= 4 is 5.91 Å². The van der Waals surface area contributed by atoms with E-state index in [1.54, 1.807) is 0 Å². The second-order valence-corrected chi connectivity index (χ2v) is 20.3. The van der Waals surface area contributed by atoms with Gasteiger partial charge in [0.1, 0.15) is 12.2 Å². The molecule has 0 aromatic carbocycles. The fourth-order valence-corrected chi connectivity index (χ4v) is 9.29. The third-order valence-electron chi connectivity index (χ3n) is 13.9. The number of amides is 1. The first-order valence-corrected chi connectivity index (χ1v) is 29.2. The van der Waals surface area contributed by atoms with Crippen molar-refractivity contribution in [3.8, 4) is 0 Å². The van der Waals surface area contributed by atoms with Crippen molar-refractivity contribution in [2.45, 2.75) is 340 Å². The topological polar surface area (TPSA) is 110 Å². The molecule has 0 aliphatic heterocycles. The van der Waals surface area contributed by atoms with Crippen LogP contribution < -0.4 is 5.32 Å². The molecular weight excluding hydrogens is 803 g/mol. The molecule has 386 valence electrons. The van der Waals surface area contributed by atoms with Crippen molar-refractivity contribution in [2.75, 3.05) is 6.61 Å². The Hall–Kier alpha value is -1.21. The zero-order valence-electron chi connectivity index (χ0n) is 43.8. The minimum Gasteiger partial charge on any atom is -0.394 e. The van der Waals surface area contributed by atoms with Gasteiger partial charge in [-0.1, -0.05) is 276 Å². The van der Waals surface area contributed by atoms with Crippen molar-refractivity contribution in [1.82, 2.24) is 5.32 Å². The molecule has 4 atom stereocenters. The summed E-state index contributed by atoms with van der Waals surface area (Å²) in [5, 5.41) is 44.0. The number of rotatable bonds is 54. The Morgan fingerprint density at radius 3 is 0.923 bits per heavy atom. The molecule has 0 fully saturated rings. The molecule has 4 unspecified atom stereocenters. The third kappa shape index (κ3) is 47.6. The highest BCUT2D eigenvalue weighted by Crippen LogP contribution is 2.18. The Morgan fingerprint density at radius 2 is 0.631 bits per heavy atom. The van der Waals surface area contributed by atoms with Crippen LogP contribution in [0.25, 0.3) is 0 Å². The molecule has 0 aromatic rings. The number of aliphatic hydroxyl groups is 4. The van der Waals surface area contributed by atoms with E-state index in [1.165, 1.54) is 250 Å². The lowest BCUT2D eigenvalue weighted by molar-refractivity contribution is -0.132. The van der Waals surface area contributed by atoms with E-state index >= 15 is 0 Å². The number of allylic oxidation sites excluding steroid dienone is 4. The number of aliphatic hydroxyl groups excluding tert-OH is 4. The smallest absolute Gasteiger partial charge is 0.249 e. The predicted molar refractivity (Wildman–Crippen MR) is 284 cm³/mol. The van der Waals surface area contributed by atoms with E-state index in [4.69, 9.17) is 0 Å². The molecule has 0 spiro atoms. The van der Waals surface area contributed by atoms with E-state index in [0.29, 0.717) is 12.8 Å². The lowest BCUT2D eigenvalue weighted by Crippen LogP contribution is -2.53. The number of carbonyl (C=O) groups is 1. The molecule has 0 saturated carbocycles. The highest BCUT2D eigenvalue weighted by Gasteiger charge is 2.28. The Morgan fingerprint density at radius 1 is 0.369 bits per heavy atom. The minimum atomic E-state index is -1.28. The van der Waals surface area contributed by atoms with Gasteiger partial charge in [0.05, 0.1) is 18.8 Å². The molecule has 0 bridgehead atoms. The van der Waals surface area contributed by atoms with Crippen molar-refractivity contribution < 1.29 is 25.2 Å². The van der Waals surface area contributed by atoms with E-state index in [2.05, 4.69) is 43.5 Å². The third-order valence-corrected chi connectivity index (χ3v) is 13.9. The maximum atomic E-state index is 12.6. The fourth-order valence-electron chi connectivity index (χ4n) is 9.29. The second-order valence-electron chi connectivity index (χ2n) is 20.3. The molecule has 1 amide bonds. The molecule has 0 aliphatic carbocycles. The first-order chi connectivity index (χ1) is 32.0. The van der Waals surface area contributed by atoms with Gasteiger partial charge in [-0.25, -0.2) is 0 Å². The Labute approximate surface area is 405 Å². The summed E-state index contributed by atoms with van der Waals surface area (Å²) in [5.41, 5.74) is 0. The predicted octanol–water partition coefficient (Wildman–Crippen LogP) is 17.0. The Bertz CT molecular complexity index is 986. The van der Waals surface area contributed by atoms with Crippen LogP contribution in [0.1, 0.15) is 316 Å². The van der Waals surface area contributed by atoms with E-state index in [-0.39, 0.29) is 0 Å². The summed E-state index contributed by atoms with van der Waals surface area (Å²) in [5.74, 6) is -0.592. The largest absolute Gasteiger partial charge is 0.394 e. The number of hydrogen-bond donors (Lipinski definition) is 5. The molecule has 0 saturated heterocycles. The molecule has 6 nitrogen and oxygen atoms in total. The summed E-state index contributed by atoms with van der Waals surface area (Å²) in [7, 11) is 0. The van der Waals surface area contributed by atoms with Crippen LogP contribution in [-0.4, -0.2) is 57.3 Å². The van der Waals surface area contributed by atoms with Gasteiger partial charge in [0.15, 0.2) is 0 Å². The minimum absolute atomic E-state index is 0.360. The van der Waals surface area contributed by atoms with Crippen LogP contribution in [0.5, 0.6) is 0 Å². The van der Waals surface area contributed by atoms with Crippen LogP contribution in [0.3, 0.4) is 0 Å². The summed E-state index contributed by atoms with van der Waals surface area (Å²) < 4.78 is 0. The average molecular weight is 919 g/mol. The summed E-state index contributed by atoms with van der Waals surface area (Å²) >= 11 is 0. The van der Waals surface area contributed by atoms with Gasteiger partial charge in [-0.2, -0.15) is 0 Å². The maximum absolute atomic E-state index is 12.6. The fraction of sp³-hybridized carbons (Fsp3) is 0.915. The van der Waals surface area contributed by atoms with Crippen molar-refractivity contribution in [1.29, 1.82) is 0 Å². The second kappa shape index (κ2) is 53.7. The quantitative estimate of drug-likeness (QED) is 0.0308. The number of nitrogens with one attached hydrogen (secondary N) is 1. The Kier molecular flexibility index (Phi) is 52.7. The van der Waals surface area contributed by atoms with Crippen molar-refractivity contribution in [2.24, 2.45) is 0 Å². The van der Waals surface area contributed by atoms with Gasteiger partial charge in [0, 0.05) is 0 Å². The molecule has 0 rings (SSSR count). The molecular formula is C59H115NO5. The average Bonchev–Trinajstić information content (AvgIpc) is 3.31. The lowest BCUT2D eigenvalue weighted by atomic mass is 10.00. The number of carbonyl (C=O) groups excluding carboxylic acids is 1. The van der Waals surface area contributed by atoms with Gasteiger partial charge in [-0.15, -0.1) is 0 Å². The zero-order chi connectivity index (χ0) is 47.4. The normalized spacial score (nSPS) is 13.9. The molecule has 0 aromatic heterocycles. The van der Waals surface area contributed by atoms with Crippen LogP contribution in [-0.2, 0) is 4.79 Å². The van der Waals surface area contributed by atoms with Crippen LogP contribution in [0.2, 0.25) is 0 Å². The summed E-state index contributed by atoms with van der Waals surface area (Å²) in [4.78, 5) is 12.6. The van der Waals surface area contributed by atoms with Crippen LogP contribution in [0.4, 0.5) is 0 Å². The first-order valence-electron chi connectivity index (χ1n) is 29.2. The SMILES string of the molecule is CCCCCCCCCCCCCC/C=C\CCCCCCCCCC(O)C(=O)NC(CO)C(O)C(O)CCC/C=C/CCCCCCCCCCCCCCCCCCCCCCC. The molecule has 0 heterocycles. The number of unbranched alkanes of at least 4 members (excludes halogenated alkanes) is 41. The molecule has 5 N–H and O–H groups in total. The van der Waals surface area contributed by atoms with Crippen LogP contribution in [0.15, 0.2) is 24.3 Å². The van der Waals surface area contributed by atoms with E-state index in [0.717, 1.165) is 38.5 Å². The monoisotopic (exact) mass is 918 g/mol. The first kappa shape index (κ1) is 63.8. The van der Waals surface area contributed by atoms with Gasteiger partial charge < -0.3 is 25.7 Å².